The van der Waals surface area contributed by atoms with E-state index in [0.29, 0.717) is 34.3 Å². The van der Waals surface area contributed by atoms with Crippen LogP contribution in [0, 0.1) is 6.92 Å². The lowest BCUT2D eigenvalue weighted by Crippen LogP contribution is -2.29. The van der Waals surface area contributed by atoms with Crippen LogP contribution in [-0.2, 0) is 0 Å². The van der Waals surface area contributed by atoms with Gasteiger partial charge in [-0.25, -0.2) is 14.5 Å². The standard InChI is InChI=1S/C24H25N9O2/c1-13(2)23-29-21(31-35-23)17-19(25)26-12-27-20(17)28-15(4)22-30-32-11-10-14(3)18(32)24(34)33(22)16-8-6-5-7-9-16/h5-13,15H,1-4H3,(H3,25,26,27,28)/t15-/m0/s1. The second-order valence-corrected chi connectivity index (χ2v) is 8.59. The molecule has 0 aliphatic rings. The molecule has 0 unspecified atom stereocenters. The van der Waals surface area contributed by atoms with Gasteiger partial charge in [-0.2, -0.15) is 10.1 Å². The summed E-state index contributed by atoms with van der Waals surface area (Å²) in [4.78, 5) is 26.5. The van der Waals surface area contributed by atoms with Crippen molar-refractivity contribution in [2.75, 3.05) is 11.1 Å². The van der Waals surface area contributed by atoms with Crippen molar-refractivity contribution >= 4 is 17.2 Å². The Hall–Kier alpha value is -4.54. The van der Waals surface area contributed by atoms with Crippen molar-refractivity contribution in [3.63, 3.8) is 0 Å². The Morgan fingerprint density at radius 1 is 1.09 bits per heavy atom. The Kier molecular flexibility index (Phi) is 5.51. The van der Waals surface area contributed by atoms with Crippen molar-refractivity contribution in [1.29, 1.82) is 0 Å². The topological polar surface area (TPSA) is 142 Å². The Labute approximate surface area is 200 Å². The van der Waals surface area contributed by atoms with E-state index in [9.17, 15) is 4.79 Å². The molecule has 5 rings (SSSR count). The summed E-state index contributed by atoms with van der Waals surface area (Å²) in [6.45, 7) is 7.69. The summed E-state index contributed by atoms with van der Waals surface area (Å²) in [5, 5.41) is 12.2. The number of fused-ring (bicyclic) bond motifs is 1. The maximum atomic E-state index is 13.6. The first-order valence-corrected chi connectivity index (χ1v) is 11.2. The molecule has 0 aliphatic carbocycles. The number of hydrogen-bond donors (Lipinski definition) is 2. The normalized spacial score (nSPS) is 12.4. The highest BCUT2D eigenvalue weighted by atomic mass is 16.5. The van der Waals surface area contributed by atoms with E-state index in [1.807, 2.05) is 64.1 Å². The largest absolute Gasteiger partial charge is 0.383 e. The monoisotopic (exact) mass is 471 g/mol. The average molecular weight is 472 g/mol. The molecular formula is C24H25N9O2. The van der Waals surface area contributed by atoms with Crippen LogP contribution in [0.3, 0.4) is 0 Å². The van der Waals surface area contributed by atoms with Gasteiger partial charge >= 0.3 is 0 Å². The maximum Gasteiger partial charge on any atom is 0.282 e. The minimum Gasteiger partial charge on any atom is -0.383 e. The molecule has 4 heterocycles. The Balaban J connectivity index is 1.63. The number of benzene rings is 1. The first-order chi connectivity index (χ1) is 16.8. The molecule has 0 saturated heterocycles. The summed E-state index contributed by atoms with van der Waals surface area (Å²) >= 11 is 0. The lowest BCUT2D eigenvalue weighted by molar-refractivity contribution is 0.365. The molecule has 1 aromatic carbocycles. The summed E-state index contributed by atoms with van der Waals surface area (Å²) in [6, 6.07) is 10.8. The molecular weight excluding hydrogens is 446 g/mol. The van der Waals surface area contributed by atoms with Gasteiger partial charge in [0.2, 0.25) is 11.7 Å². The van der Waals surface area contributed by atoms with E-state index in [1.54, 1.807) is 15.3 Å². The van der Waals surface area contributed by atoms with E-state index in [-0.39, 0.29) is 23.1 Å². The van der Waals surface area contributed by atoms with Crippen molar-refractivity contribution in [3.05, 3.63) is 76.6 Å². The molecule has 178 valence electrons. The lowest BCUT2D eigenvalue weighted by Gasteiger charge is -2.20. The highest BCUT2D eigenvalue weighted by Gasteiger charge is 2.24. The summed E-state index contributed by atoms with van der Waals surface area (Å²) in [6.07, 6.45) is 3.13. The van der Waals surface area contributed by atoms with Crippen LogP contribution >= 0.6 is 0 Å². The Bertz CT molecular complexity index is 1570. The first kappa shape index (κ1) is 22.3. The van der Waals surface area contributed by atoms with Gasteiger partial charge in [0.05, 0.1) is 11.7 Å². The van der Waals surface area contributed by atoms with Crippen LogP contribution in [0.5, 0.6) is 0 Å². The van der Waals surface area contributed by atoms with Crippen LogP contribution in [0.2, 0.25) is 0 Å². The highest BCUT2D eigenvalue weighted by molar-refractivity contribution is 5.79. The van der Waals surface area contributed by atoms with Crippen molar-refractivity contribution < 1.29 is 4.52 Å². The number of aromatic nitrogens is 7. The van der Waals surface area contributed by atoms with Gasteiger partial charge in [-0.1, -0.05) is 37.2 Å². The number of nitrogens with zero attached hydrogens (tertiary/aromatic N) is 7. The Morgan fingerprint density at radius 2 is 1.86 bits per heavy atom. The minimum atomic E-state index is -0.459. The van der Waals surface area contributed by atoms with E-state index < -0.39 is 6.04 Å². The van der Waals surface area contributed by atoms with Crippen molar-refractivity contribution in [1.82, 2.24) is 34.3 Å². The van der Waals surface area contributed by atoms with Crippen LogP contribution in [0.25, 0.3) is 22.6 Å². The predicted molar refractivity (Wildman–Crippen MR) is 131 cm³/mol. The fourth-order valence-electron chi connectivity index (χ4n) is 3.91. The van der Waals surface area contributed by atoms with Crippen molar-refractivity contribution in [2.24, 2.45) is 0 Å². The molecule has 0 fully saturated rings. The zero-order chi connectivity index (χ0) is 24.7. The fraction of sp³-hybridized carbons (Fsp3) is 0.250. The van der Waals surface area contributed by atoms with Gasteiger partial charge < -0.3 is 15.6 Å². The predicted octanol–water partition coefficient (Wildman–Crippen LogP) is 3.51. The van der Waals surface area contributed by atoms with Crippen LogP contribution in [-0.4, -0.2) is 34.3 Å². The second kappa shape index (κ2) is 8.67. The SMILES string of the molecule is Cc1ccn2nc([C@H](C)Nc3ncnc(N)c3-c3noc(C(C)C)n3)n(-c3ccccc3)c(=O)c12. The van der Waals surface area contributed by atoms with Gasteiger partial charge in [0.1, 0.15) is 29.0 Å². The van der Waals surface area contributed by atoms with Crippen LogP contribution in [0.1, 0.15) is 50.0 Å². The Morgan fingerprint density at radius 3 is 2.57 bits per heavy atom. The molecule has 0 amide bonds. The highest BCUT2D eigenvalue weighted by Crippen LogP contribution is 2.31. The van der Waals surface area contributed by atoms with E-state index >= 15 is 0 Å². The number of nitrogens with two attached hydrogens (primary N) is 1. The van der Waals surface area contributed by atoms with Crippen molar-refractivity contribution in [2.45, 2.75) is 39.7 Å². The zero-order valence-electron chi connectivity index (χ0n) is 19.8. The number of hydrogen-bond acceptors (Lipinski definition) is 9. The van der Waals surface area contributed by atoms with Gasteiger partial charge in [0, 0.05) is 12.1 Å². The number of nitrogen functional groups attached to an aromatic ring is 1. The number of anilines is 2. The zero-order valence-corrected chi connectivity index (χ0v) is 19.8. The lowest BCUT2D eigenvalue weighted by atomic mass is 10.2. The smallest absolute Gasteiger partial charge is 0.282 e. The van der Waals surface area contributed by atoms with Crippen molar-refractivity contribution in [3.8, 4) is 17.1 Å². The molecule has 0 spiro atoms. The van der Waals surface area contributed by atoms with E-state index in [4.69, 9.17) is 15.4 Å². The first-order valence-electron chi connectivity index (χ1n) is 11.2. The van der Waals surface area contributed by atoms with Gasteiger partial charge in [-0.15, -0.1) is 0 Å². The fourth-order valence-corrected chi connectivity index (χ4v) is 3.91. The molecule has 0 aliphatic heterocycles. The van der Waals surface area contributed by atoms with Crippen LogP contribution in [0.15, 0.2) is 58.2 Å². The van der Waals surface area contributed by atoms with Gasteiger partial charge in [-0.3, -0.25) is 9.36 Å². The second-order valence-electron chi connectivity index (χ2n) is 8.59. The molecule has 3 N–H and O–H groups in total. The number of aryl methyl sites for hydroxylation is 1. The van der Waals surface area contributed by atoms with E-state index in [1.165, 1.54) is 6.33 Å². The quantitative estimate of drug-likeness (QED) is 0.380. The van der Waals surface area contributed by atoms with E-state index in [0.717, 1.165) is 5.56 Å². The molecule has 0 radical (unpaired) electrons. The summed E-state index contributed by atoms with van der Waals surface area (Å²) in [7, 11) is 0. The molecule has 1 atom stereocenters. The average Bonchev–Trinajstić information content (AvgIpc) is 3.47. The summed E-state index contributed by atoms with van der Waals surface area (Å²) in [5.41, 5.74) is 8.51. The molecule has 11 nitrogen and oxygen atoms in total. The van der Waals surface area contributed by atoms with E-state index in [2.05, 4.69) is 25.4 Å². The molecule has 0 saturated carbocycles. The summed E-state index contributed by atoms with van der Waals surface area (Å²) in [5.74, 6) is 1.92. The molecule has 0 bridgehead atoms. The van der Waals surface area contributed by atoms with Crippen LogP contribution in [0.4, 0.5) is 11.6 Å². The number of para-hydroxylation sites is 1. The third-order valence-electron chi connectivity index (χ3n) is 5.70. The third-order valence-corrected chi connectivity index (χ3v) is 5.70. The van der Waals surface area contributed by atoms with Crippen LogP contribution < -0.4 is 16.6 Å². The molecule has 35 heavy (non-hydrogen) atoms. The number of rotatable bonds is 6. The minimum absolute atomic E-state index is 0.0544. The molecule has 11 heteroatoms. The molecule has 5 aromatic rings. The van der Waals surface area contributed by atoms with Gasteiger partial charge in [0.15, 0.2) is 5.82 Å². The molecule has 4 aromatic heterocycles. The third kappa shape index (κ3) is 3.90. The number of nitrogens with one attached hydrogen (secondary N) is 1. The van der Waals surface area contributed by atoms with Gasteiger partial charge in [0.25, 0.3) is 5.56 Å². The maximum absolute atomic E-state index is 13.6. The van der Waals surface area contributed by atoms with Gasteiger partial charge in [-0.05, 0) is 37.6 Å². The summed E-state index contributed by atoms with van der Waals surface area (Å²) < 4.78 is 8.57.